The number of nitrogens with one attached hydrogen (secondary N) is 2. The molecular weight excluding hydrogens is 222 g/mol. The lowest BCUT2D eigenvalue weighted by Gasteiger charge is -2.03. The Hall–Kier alpha value is -1.85. The number of aromatic amines is 1. The van der Waals surface area contributed by atoms with Crippen LogP contribution >= 0.6 is 0 Å². The molecule has 0 saturated heterocycles. The Labute approximate surface area is 99.4 Å². The molecule has 6 nitrogen and oxygen atoms in total. The highest BCUT2D eigenvalue weighted by Crippen LogP contribution is 1.99. The molecular formula is C11H17N3O3. The maximum atomic E-state index is 11.3. The van der Waals surface area contributed by atoms with Gasteiger partial charge in [-0.25, -0.2) is 4.98 Å². The zero-order valence-electron chi connectivity index (χ0n) is 9.61. The van der Waals surface area contributed by atoms with E-state index in [2.05, 4.69) is 15.3 Å². The second-order valence-electron chi connectivity index (χ2n) is 3.74. The van der Waals surface area contributed by atoms with Gasteiger partial charge in [0.25, 0.3) is 0 Å². The minimum atomic E-state index is -0.816. The molecule has 0 bridgehead atoms. The lowest BCUT2D eigenvalue weighted by molar-refractivity contribution is -0.137. The predicted molar refractivity (Wildman–Crippen MR) is 61.4 cm³/mol. The maximum Gasteiger partial charge on any atom is 0.303 e. The van der Waals surface area contributed by atoms with E-state index in [9.17, 15) is 9.59 Å². The summed E-state index contributed by atoms with van der Waals surface area (Å²) in [5.74, 6) is -0.0126. The molecule has 0 aliphatic carbocycles. The van der Waals surface area contributed by atoms with Gasteiger partial charge in [-0.1, -0.05) is 0 Å². The molecule has 0 aliphatic rings. The number of amides is 1. The topological polar surface area (TPSA) is 95.1 Å². The molecule has 6 heteroatoms. The summed E-state index contributed by atoms with van der Waals surface area (Å²) in [4.78, 5) is 28.5. The molecule has 1 amide bonds. The van der Waals surface area contributed by atoms with Crippen LogP contribution in [-0.2, 0) is 16.0 Å². The molecule has 0 radical (unpaired) electrons. The molecule has 0 aromatic carbocycles. The minimum Gasteiger partial charge on any atom is -0.481 e. The van der Waals surface area contributed by atoms with Gasteiger partial charge in [0.2, 0.25) is 5.91 Å². The number of carbonyl (C=O) groups excluding carboxylic acids is 1. The van der Waals surface area contributed by atoms with Crippen molar-refractivity contribution in [3.8, 4) is 0 Å². The highest BCUT2D eigenvalue weighted by atomic mass is 16.4. The minimum absolute atomic E-state index is 0.0399. The van der Waals surface area contributed by atoms with Gasteiger partial charge in [0.05, 0.1) is 0 Å². The molecule has 0 atom stereocenters. The van der Waals surface area contributed by atoms with Gasteiger partial charge in [0, 0.05) is 38.2 Å². The molecule has 0 fully saturated rings. The Bertz CT molecular complexity index is 349. The first-order valence-electron chi connectivity index (χ1n) is 5.65. The number of carboxylic acid groups (broad SMARTS) is 1. The highest BCUT2D eigenvalue weighted by Gasteiger charge is 2.03. The summed E-state index contributed by atoms with van der Waals surface area (Å²) in [5.41, 5.74) is 0. The Morgan fingerprint density at radius 1 is 1.35 bits per heavy atom. The molecule has 0 spiro atoms. The first-order valence-corrected chi connectivity index (χ1v) is 5.65. The van der Waals surface area contributed by atoms with E-state index in [4.69, 9.17) is 5.11 Å². The Morgan fingerprint density at radius 3 is 2.76 bits per heavy atom. The van der Waals surface area contributed by atoms with Crippen molar-refractivity contribution in [1.82, 2.24) is 15.3 Å². The number of unbranched alkanes of at least 4 members (excludes halogenated alkanes) is 1. The number of aliphatic carboxylic acids is 1. The number of carboxylic acids is 1. The number of carbonyl (C=O) groups is 2. The fraction of sp³-hybridized carbons (Fsp3) is 0.545. The summed E-state index contributed by atoms with van der Waals surface area (Å²) in [5, 5.41) is 11.2. The van der Waals surface area contributed by atoms with E-state index in [1.807, 2.05) is 0 Å². The van der Waals surface area contributed by atoms with Crippen molar-refractivity contribution in [2.45, 2.75) is 32.1 Å². The lowest BCUT2D eigenvalue weighted by Crippen LogP contribution is -2.25. The molecule has 0 aliphatic heterocycles. The quantitative estimate of drug-likeness (QED) is 0.582. The molecule has 0 unspecified atom stereocenters. The Kier molecular flexibility index (Phi) is 5.77. The average molecular weight is 239 g/mol. The van der Waals surface area contributed by atoms with Crippen LogP contribution in [0.1, 0.15) is 31.5 Å². The standard InChI is InChI=1S/C11H17N3O3/c15-10(3-1-2-4-11(16)17)14-6-5-9-12-7-8-13-9/h7-8H,1-6H2,(H,12,13)(H,14,15)(H,16,17). The summed E-state index contributed by atoms with van der Waals surface area (Å²) >= 11 is 0. The van der Waals surface area contributed by atoms with Gasteiger partial charge in [-0.3, -0.25) is 9.59 Å². The van der Waals surface area contributed by atoms with Crippen LogP contribution in [0.15, 0.2) is 12.4 Å². The van der Waals surface area contributed by atoms with E-state index >= 15 is 0 Å². The molecule has 1 rings (SSSR count). The van der Waals surface area contributed by atoms with Crippen LogP contribution in [0, 0.1) is 0 Å². The summed E-state index contributed by atoms with van der Waals surface area (Å²) in [7, 11) is 0. The Morgan fingerprint density at radius 2 is 2.12 bits per heavy atom. The molecule has 1 heterocycles. The predicted octanol–water partition coefficient (Wildman–Crippen LogP) is 0.713. The van der Waals surface area contributed by atoms with Crippen molar-refractivity contribution < 1.29 is 14.7 Å². The third-order valence-corrected chi connectivity index (χ3v) is 2.28. The van der Waals surface area contributed by atoms with Crippen LogP contribution in [0.2, 0.25) is 0 Å². The zero-order chi connectivity index (χ0) is 12.5. The number of hydrogen-bond acceptors (Lipinski definition) is 3. The van der Waals surface area contributed by atoms with Gasteiger partial charge in [-0.15, -0.1) is 0 Å². The van der Waals surface area contributed by atoms with Gasteiger partial charge < -0.3 is 15.4 Å². The second-order valence-corrected chi connectivity index (χ2v) is 3.74. The highest BCUT2D eigenvalue weighted by molar-refractivity contribution is 5.75. The van der Waals surface area contributed by atoms with Gasteiger partial charge in [-0.2, -0.15) is 0 Å². The van der Waals surface area contributed by atoms with Crippen molar-refractivity contribution in [2.24, 2.45) is 0 Å². The van der Waals surface area contributed by atoms with Gasteiger partial charge in [0.15, 0.2) is 0 Å². The zero-order valence-corrected chi connectivity index (χ0v) is 9.61. The SMILES string of the molecule is O=C(O)CCCCC(=O)NCCc1ncc[nH]1. The number of rotatable bonds is 8. The number of imidazole rings is 1. The van der Waals surface area contributed by atoms with E-state index < -0.39 is 5.97 Å². The Balaban J connectivity index is 1.99. The van der Waals surface area contributed by atoms with Crippen molar-refractivity contribution in [3.05, 3.63) is 18.2 Å². The van der Waals surface area contributed by atoms with Crippen molar-refractivity contribution in [1.29, 1.82) is 0 Å². The average Bonchev–Trinajstić information content (AvgIpc) is 2.77. The van der Waals surface area contributed by atoms with Gasteiger partial charge in [0.1, 0.15) is 5.82 Å². The van der Waals surface area contributed by atoms with Crippen LogP contribution in [-0.4, -0.2) is 33.5 Å². The molecule has 17 heavy (non-hydrogen) atoms. The summed E-state index contributed by atoms with van der Waals surface area (Å²) in [6, 6.07) is 0. The molecule has 1 aromatic heterocycles. The monoisotopic (exact) mass is 239 g/mol. The van der Waals surface area contributed by atoms with Gasteiger partial charge in [-0.05, 0) is 12.8 Å². The molecule has 3 N–H and O–H groups in total. The third kappa shape index (κ3) is 6.34. The second kappa shape index (κ2) is 7.43. The summed E-state index contributed by atoms with van der Waals surface area (Å²) in [6.45, 7) is 0.547. The first kappa shape index (κ1) is 13.2. The van der Waals surface area contributed by atoms with Gasteiger partial charge >= 0.3 is 5.97 Å². The fourth-order valence-corrected chi connectivity index (χ4v) is 1.41. The van der Waals surface area contributed by atoms with Crippen LogP contribution in [0.25, 0.3) is 0 Å². The third-order valence-electron chi connectivity index (χ3n) is 2.28. The number of hydrogen-bond donors (Lipinski definition) is 3. The summed E-state index contributed by atoms with van der Waals surface area (Å²) in [6.07, 6.45) is 5.74. The van der Waals surface area contributed by atoms with Crippen LogP contribution < -0.4 is 5.32 Å². The normalized spacial score (nSPS) is 10.1. The van der Waals surface area contributed by atoms with E-state index in [0.29, 0.717) is 32.2 Å². The van der Waals surface area contributed by atoms with E-state index in [1.54, 1.807) is 12.4 Å². The van der Waals surface area contributed by atoms with Crippen LogP contribution in [0.5, 0.6) is 0 Å². The van der Waals surface area contributed by atoms with Crippen LogP contribution in [0.3, 0.4) is 0 Å². The maximum absolute atomic E-state index is 11.3. The van der Waals surface area contributed by atoms with Crippen molar-refractivity contribution >= 4 is 11.9 Å². The largest absolute Gasteiger partial charge is 0.481 e. The molecule has 0 saturated carbocycles. The van der Waals surface area contributed by atoms with Crippen molar-refractivity contribution in [2.75, 3.05) is 6.54 Å². The summed E-state index contributed by atoms with van der Waals surface area (Å²) < 4.78 is 0. The van der Waals surface area contributed by atoms with E-state index in [-0.39, 0.29) is 12.3 Å². The van der Waals surface area contributed by atoms with E-state index in [0.717, 1.165) is 5.82 Å². The number of nitrogens with zero attached hydrogens (tertiary/aromatic N) is 1. The molecule has 1 aromatic rings. The lowest BCUT2D eigenvalue weighted by atomic mass is 10.2. The fourth-order valence-electron chi connectivity index (χ4n) is 1.41. The van der Waals surface area contributed by atoms with Crippen molar-refractivity contribution in [3.63, 3.8) is 0 Å². The number of aromatic nitrogens is 2. The first-order chi connectivity index (χ1) is 8.18. The smallest absolute Gasteiger partial charge is 0.303 e. The number of H-pyrrole nitrogens is 1. The molecule has 94 valence electrons. The van der Waals surface area contributed by atoms with E-state index in [1.165, 1.54) is 0 Å². The van der Waals surface area contributed by atoms with Crippen LogP contribution in [0.4, 0.5) is 0 Å².